The number of nitrogens with one attached hydrogen (secondary N) is 1. The first-order valence-corrected chi connectivity index (χ1v) is 7.78. The third-order valence-electron chi connectivity index (χ3n) is 4.75. The van der Waals surface area contributed by atoms with Gasteiger partial charge in [0.1, 0.15) is 0 Å². The Balaban J connectivity index is 1.83. The molecule has 2 atom stereocenters. The molecule has 3 rings (SSSR count). The Bertz CT molecular complexity index is 506. The van der Waals surface area contributed by atoms with Crippen LogP contribution in [0.25, 0.3) is 0 Å². The van der Waals surface area contributed by atoms with Crippen molar-refractivity contribution in [3.63, 3.8) is 0 Å². The molecule has 1 aromatic carbocycles. The van der Waals surface area contributed by atoms with Crippen LogP contribution in [-0.4, -0.2) is 36.0 Å². The number of likely N-dealkylation sites (tertiary alicyclic amines) is 1. The van der Waals surface area contributed by atoms with E-state index >= 15 is 0 Å². The molecular weight excluding hydrogens is 248 g/mol. The molecule has 2 aliphatic heterocycles. The molecule has 2 saturated heterocycles. The fourth-order valence-electron chi connectivity index (χ4n) is 3.62. The van der Waals surface area contributed by atoms with Crippen molar-refractivity contribution in [3.05, 3.63) is 34.9 Å². The van der Waals surface area contributed by atoms with Gasteiger partial charge in [0, 0.05) is 24.2 Å². The average molecular weight is 272 g/mol. The number of amides is 1. The molecule has 0 bridgehead atoms. The number of hydrogen-bond donors (Lipinski definition) is 1. The predicted octanol–water partition coefficient (Wildman–Crippen LogP) is 2.66. The second kappa shape index (κ2) is 5.57. The van der Waals surface area contributed by atoms with E-state index in [0.717, 1.165) is 42.6 Å². The number of benzene rings is 1. The molecule has 0 spiro atoms. The lowest BCUT2D eigenvalue weighted by atomic mass is 10.0. The number of carbonyl (C=O) groups is 1. The van der Waals surface area contributed by atoms with E-state index in [1.807, 2.05) is 13.0 Å². The second-order valence-corrected chi connectivity index (χ2v) is 6.23. The lowest BCUT2D eigenvalue weighted by molar-refractivity contribution is 0.0710. The lowest BCUT2D eigenvalue weighted by Crippen LogP contribution is -2.46. The zero-order valence-electron chi connectivity index (χ0n) is 12.5. The van der Waals surface area contributed by atoms with Crippen molar-refractivity contribution in [2.45, 2.75) is 51.6 Å². The zero-order chi connectivity index (χ0) is 14.1. The first-order chi connectivity index (χ1) is 9.66. The highest BCUT2D eigenvalue weighted by molar-refractivity contribution is 5.96. The van der Waals surface area contributed by atoms with Crippen molar-refractivity contribution in [3.8, 4) is 0 Å². The second-order valence-electron chi connectivity index (χ2n) is 6.23. The van der Waals surface area contributed by atoms with Crippen molar-refractivity contribution >= 4 is 5.91 Å². The van der Waals surface area contributed by atoms with Crippen LogP contribution in [0.1, 0.15) is 47.2 Å². The van der Waals surface area contributed by atoms with Gasteiger partial charge in [-0.2, -0.15) is 0 Å². The molecule has 2 heterocycles. The van der Waals surface area contributed by atoms with Crippen molar-refractivity contribution in [1.82, 2.24) is 10.2 Å². The van der Waals surface area contributed by atoms with Gasteiger partial charge in [0.2, 0.25) is 0 Å². The Morgan fingerprint density at radius 2 is 2.10 bits per heavy atom. The average Bonchev–Trinajstić information content (AvgIpc) is 3.10. The van der Waals surface area contributed by atoms with Crippen molar-refractivity contribution < 1.29 is 4.79 Å². The summed E-state index contributed by atoms with van der Waals surface area (Å²) in [5, 5.41) is 3.57. The first kappa shape index (κ1) is 13.6. The van der Waals surface area contributed by atoms with Crippen LogP contribution in [0.5, 0.6) is 0 Å². The van der Waals surface area contributed by atoms with Crippen molar-refractivity contribution in [1.29, 1.82) is 0 Å². The van der Waals surface area contributed by atoms with E-state index in [2.05, 4.69) is 29.3 Å². The highest BCUT2D eigenvalue weighted by Gasteiger charge is 2.36. The highest BCUT2D eigenvalue weighted by Crippen LogP contribution is 2.27. The molecule has 3 nitrogen and oxygen atoms in total. The minimum Gasteiger partial charge on any atom is -0.334 e. The summed E-state index contributed by atoms with van der Waals surface area (Å²) in [6.45, 7) is 6.10. The van der Waals surface area contributed by atoms with Crippen LogP contribution in [-0.2, 0) is 0 Å². The van der Waals surface area contributed by atoms with Crippen LogP contribution in [0.15, 0.2) is 18.2 Å². The van der Waals surface area contributed by atoms with E-state index in [0.29, 0.717) is 12.1 Å². The topological polar surface area (TPSA) is 32.3 Å². The van der Waals surface area contributed by atoms with E-state index in [1.165, 1.54) is 12.8 Å². The standard InChI is InChI=1S/C17H24N2O/c1-12-7-8-13(2)14(11-12)17(20)19-10-4-6-16(19)15-5-3-9-18-15/h7-8,11,15-16,18H,3-6,9-10H2,1-2H3. The summed E-state index contributed by atoms with van der Waals surface area (Å²) in [6.07, 6.45) is 4.74. The molecule has 1 amide bonds. The molecule has 0 saturated carbocycles. The summed E-state index contributed by atoms with van der Waals surface area (Å²) >= 11 is 0. The summed E-state index contributed by atoms with van der Waals surface area (Å²) in [4.78, 5) is 15.0. The van der Waals surface area contributed by atoms with Gasteiger partial charge in [-0.1, -0.05) is 17.7 Å². The van der Waals surface area contributed by atoms with Gasteiger partial charge in [0.25, 0.3) is 5.91 Å². The summed E-state index contributed by atoms with van der Waals surface area (Å²) in [6, 6.07) is 7.07. The van der Waals surface area contributed by atoms with E-state index in [4.69, 9.17) is 0 Å². The summed E-state index contributed by atoms with van der Waals surface area (Å²) in [5.74, 6) is 0.224. The van der Waals surface area contributed by atoms with Gasteiger partial charge in [-0.05, 0) is 57.7 Å². The van der Waals surface area contributed by atoms with Gasteiger partial charge in [-0.25, -0.2) is 0 Å². The van der Waals surface area contributed by atoms with E-state index in [-0.39, 0.29) is 5.91 Å². The van der Waals surface area contributed by atoms with Crippen LogP contribution >= 0.6 is 0 Å². The van der Waals surface area contributed by atoms with Crippen molar-refractivity contribution in [2.24, 2.45) is 0 Å². The summed E-state index contributed by atoms with van der Waals surface area (Å²) < 4.78 is 0. The maximum Gasteiger partial charge on any atom is 0.254 e. The maximum absolute atomic E-state index is 12.9. The largest absolute Gasteiger partial charge is 0.334 e. The molecule has 0 aliphatic carbocycles. The molecule has 108 valence electrons. The van der Waals surface area contributed by atoms with Gasteiger partial charge in [0.15, 0.2) is 0 Å². The quantitative estimate of drug-likeness (QED) is 0.897. The predicted molar refractivity (Wildman–Crippen MR) is 81.0 cm³/mol. The minimum absolute atomic E-state index is 0.224. The van der Waals surface area contributed by atoms with Crippen LogP contribution in [0.3, 0.4) is 0 Å². The normalized spacial score (nSPS) is 26.2. The number of aryl methyl sites for hydroxylation is 2. The van der Waals surface area contributed by atoms with Crippen LogP contribution in [0.4, 0.5) is 0 Å². The molecule has 2 fully saturated rings. The molecule has 20 heavy (non-hydrogen) atoms. The minimum atomic E-state index is 0.224. The molecule has 1 N–H and O–H groups in total. The summed E-state index contributed by atoms with van der Waals surface area (Å²) in [7, 11) is 0. The van der Waals surface area contributed by atoms with Gasteiger partial charge in [-0.15, -0.1) is 0 Å². The van der Waals surface area contributed by atoms with Gasteiger partial charge >= 0.3 is 0 Å². The lowest BCUT2D eigenvalue weighted by Gasteiger charge is -2.30. The monoisotopic (exact) mass is 272 g/mol. The third-order valence-corrected chi connectivity index (χ3v) is 4.75. The molecule has 0 aromatic heterocycles. The highest BCUT2D eigenvalue weighted by atomic mass is 16.2. The number of carbonyl (C=O) groups excluding carboxylic acids is 1. The Hall–Kier alpha value is -1.35. The van der Waals surface area contributed by atoms with E-state index < -0.39 is 0 Å². The van der Waals surface area contributed by atoms with Crippen LogP contribution < -0.4 is 5.32 Å². The molecule has 2 unspecified atom stereocenters. The van der Waals surface area contributed by atoms with Crippen molar-refractivity contribution in [2.75, 3.05) is 13.1 Å². The smallest absolute Gasteiger partial charge is 0.254 e. The Morgan fingerprint density at radius 1 is 1.25 bits per heavy atom. The van der Waals surface area contributed by atoms with Gasteiger partial charge in [-0.3, -0.25) is 4.79 Å². The Morgan fingerprint density at radius 3 is 2.85 bits per heavy atom. The van der Waals surface area contributed by atoms with Gasteiger partial charge < -0.3 is 10.2 Å². The fourth-order valence-corrected chi connectivity index (χ4v) is 3.62. The number of hydrogen-bond acceptors (Lipinski definition) is 2. The number of rotatable bonds is 2. The summed E-state index contributed by atoms with van der Waals surface area (Å²) in [5.41, 5.74) is 3.13. The van der Waals surface area contributed by atoms with E-state index in [9.17, 15) is 4.79 Å². The third kappa shape index (κ3) is 2.47. The van der Waals surface area contributed by atoms with Crippen LogP contribution in [0.2, 0.25) is 0 Å². The molecule has 0 radical (unpaired) electrons. The first-order valence-electron chi connectivity index (χ1n) is 7.78. The number of nitrogens with zero attached hydrogens (tertiary/aromatic N) is 1. The molecule has 3 heteroatoms. The fraction of sp³-hybridized carbons (Fsp3) is 0.588. The van der Waals surface area contributed by atoms with Gasteiger partial charge in [0.05, 0.1) is 0 Å². The molecule has 1 aromatic rings. The van der Waals surface area contributed by atoms with Crippen LogP contribution in [0, 0.1) is 13.8 Å². The molecular formula is C17H24N2O. The Labute approximate surface area is 121 Å². The van der Waals surface area contributed by atoms with E-state index in [1.54, 1.807) is 0 Å². The Kier molecular flexibility index (Phi) is 3.79. The maximum atomic E-state index is 12.9. The zero-order valence-corrected chi connectivity index (χ0v) is 12.5. The SMILES string of the molecule is Cc1ccc(C)c(C(=O)N2CCCC2C2CCCN2)c1. The molecule has 2 aliphatic rings.